The number of carbonyl (C=O) groups is 1. The van der Waals surface area contributed by atoms with Crippen molar-refractivity contribution in [2.75, 3.05) is 19.4 Å². The van der Waals surface area contributed by atoms with Gasteiger partial charge in [-0.05, 0) is 13.0 Å². The molecule has 16 heavy (non-hydrogen) atoms. The Morgan fingerprint density at radius 1 is 1.75 bits per heavy atom. The van der Waals surface area contributed by atoms with Gasteiger partial charge in [0.25, 0.3) is 0 Å². The highest BCUT2D eigenvalue weighted by Crippen LogP contribution is 2.22. The predicted molar refractivity (Wildman–Crippen MR) is 60.6 cm³/mol. The maximum absolute atomic E-state index is 11.8. The number of rotatable bonds is 4. The van der Waals surface area contributed by atoms with Crippen molar-refractivity contribution in [3.8, 4) is 0 Å². The maximum Gasteiger partial charge on any atom is 0.342 e. The third-order valence-electron chi connectivity index (χ3n) is 1.90. The Kier molecular flexibility index (Phi) is 2.63. The van der Waals surface area contributed by atoms with Crippen LogP contribution < -0.4 is 5.73 Å². The van der Waals surface area contributed by atoms with E-state index in [2.05, 4.69) is 16.3 Å². The van der Waals surface area contributed by atoms with E-state index in [1.807, 2.05) is 0 Å². The molecular weight excluding hydrogens is 208 g/mol. The van der Waals surface area contributed by atoms with Crippen molar-refractivity contribution in [2.45, 2.75) is 6.92 Å². The second kappa shape index (κ2) is 5.16. The number of esters is 1. The van der Waals surface area contributed by atoms with Crippen LogP contribution in [0, 0.1) is 0 Å². The lowest BCUT2D eigenvalue weighted by molar-refractivity contribution is 0.0600. The van der Waals surface area contributed by atoms with E-state index >= 15 is 0 Å². The van der Waals surface area contributed by atoms with Gasteiger partial charge in [-0.15, -0.1) is 0 Å². The van der Waals surface area contributed by atoms with Crippen LogP contribution in [0.2, 0.25) is 0 Å². The van der Waals surface area contributed by atoms with E-state index in [1.165, 1.54) is 12.3 Å². The second-order valence-electron chi connectivity index (χ2n) is 2.86. The van der Waals surface area contributed by atoms with Crippen LogP contribution >= 0.6 is 0 Å². The fourth-order valence-electron chi connectivity index (χ4n) is 1.23. The molecule has 1 aromatic rings. The Morgan fingerprint density at radius 3 is 3.12 bits per heavy atom. The highest BCUT2D eigenvalue weighted by atomic mass is 16.5. The summed E-state index contributed by atoms with van der Waals surface area (Å²) in [5.74, 6) is -1.05. The summed E-state index contributed by atoms with van der Waals surface area (Å²) in [6.07, 6.45) is 1.36. The molecule has 0 unspecified atom stereocenters. The molecule has 5 heteroatoms. The van der Waals surface area contributed by atoms with Crippen molar-refractivity contribution in [1.29, 1.82) is 0 Å². The SMILES string of the molecule is [2H]C([2H])([2H])OC(=O)c1c(C(=C)OCC)ccnc1N. The fraction of sp³-hybridized carbons (Fsp3) is 0.273. The van der Waals surface area contributed by atoms with Gasteiger partial charge in [0.2, 0.25) is 0 Å². The van der Waals surface area contributed by atoms with Gasteiger partial charge in [0.05, 0.1) is 17.8 Å². The largest absolute Gasteiger partial charge is 0.494 e. The van der Waals surface area contributed by atoms with Gasteiger partial charge in [0.15, 0.2) is 0 Å². The van der Waals surface area contributed by atoms with E-state index in [4.69, 9.17) is 14.6 Å². The summed E-state index contributed by atoms with van der Waals surface area (Å²) in [5, 5.41) is 0. The monoisotopic (exact) mass is 225 g/mol. The summed E-state index contributed by atoms with van der Waals surface area (Å²) in [6.45, 7) is 5.73. The smallest absolute Gasteiger partial charge is 0.342 e. The van der Waals surface area contributed by atoms with Gasteiger partial charge in [-0.25, -0.2) is 9.78 Å². The third-order valence-corrected chi connectivity index (χ3v) is 1.90. The molecule has 5 nitrogen and oxygen atoms in total. The van der Waals surface area contributed by atoms with Crippen molar-refractivity contribution < 1.29 is 18.4 Å². The van der Waals surface area contributed by atoms with E-state index in [1.54, 1.807) is 6.92 Å². The molecule has 0 amide bonds. The molecule has 0 atom stereocenters. The first-order chi connectivity index (χ1) is 8.76. The molecule has 0 aliphatic carbocycles. The average molecular weight is 225 g/mol. The van der Waals surface area contributed by atoms with Crippen LogP contribution in [0.15, 0.2) is 18.8 Å². The van der Waals surface area contributed by atoms with Crippen LogP contribution in [0.1, 0.15) is 27.0 Å². The Balaban J connectivity index is 3.18. The van der Waals surface area contributed by atoms with Gasteiger partial charge in [-0.2, -0.15) is 0 Å². The van der Waals surface area contributed by atoms with E-state index < -0.39 is 13.0 Å². The van der Waals surface area contributed by atoms with Gasteiger partial charge in [-0.1, -0.05) is 6.58 Å². The van der Waals surface area contributed by atoms with Crippen molar-refractivity contribution in [3.05, 3.63) is 30.0 Å². The molecule has 0 saturated carbocycles. The normalized spacial score (nSPS) is 13.2. The molecular formula is C11H14N2O3. The number of nitrogen functional groups attached to an aromatic ring is 1. The summed E-state index contributed by atoms with van der Waals surface area (Å²) in [4.78, 5) is 15.5. The second-order valence-corrected chi connectivity index (χ2v) is 2.86. The lowest BCUT2D eigenvalue weighted by atomic mass is 10.1. The van der Waals surface area contributed by atoms with Gasteiger partial charge in [0.1, 0.15) is 17.1 Å². The molecule has 0 fully saturated rings. The molecule has 0 aliphatic heterocycles. The number of carbonyl (C=O) groups excluding carboxylic acids is 1. The highest BCUT2D eigenvalue weighted by Gasteiger charge is 2.18. The third kappa shape index (κ3) is 2.31. The Morgan fingerprint density at radius 2 is 2.50 bits per heavy atom. The zero-order valence-corrected chi connectivity index (χ0v) is 8.82. The van der Waals surface area contributed by atoms with E-state index in [0.29, 0.717) is 6.61 Å². The topological polar surface area (TPSA) is 74.4 Å². The Labute approximate surface area is 98.1 Å². The molecule has 0 aromatic carbocycles. The lowest BCUT2D eigenvalue weighted by Crippen LogP contribution is -2.11. The van der Waals surface area contributed by atoms with Crippen LogP contribution in [-0.4, -0.2) is 24.6 Å². The van der Waals surface area contributed by atoms with E-state index in [0.717, 1.165) is 0 Å². The molecule has 0 radical (unpaired) electrons. The number of methoxy groups -OCH3 is 1. The van der Waals surface area contributed by atoms with Crippen LogP contribution in [0.25, 0.3) is 5.76 Å². The van der Waals surface area contributed by atoms with Crippen molar-refractivity contribution in [1.82, 2.24) is 4.98 Å². The Bertz CT molecular complexity index is 500. The van der Waals surface area contributed by atoms with E-state index in [9.17, 15) is 4.79 Å². The number of hydrogen-bond donors (Lipinski definition) is 1. The zero-order chi connectivity index (χ0) is 14.6. The summed E-state index contributed by atoms with van der Waals surface area (Å²) < 4.78 is 30.2. The zero-order valence-electron chi connectivity index (χ0n) is 11.8. The standard InChI is InChI=1S/C11H14N2O3/c1-4-16-7(2)8-5-6-13-10(12)9(8)11(14)15-3/h5-6H,2,4H2,1,3H3,(H2,12,13)/i3D3. The first-order valence-corrected chi connectivity index (χ1v) is 4.56. The molecule has 0 aliphatic rings. The van der Waals surface area contributed by atoms with Gasteiger partial charge in [0, 0.05) is 11.8 Å². The lowest BCUT2D eigenvalue weighted by Gasteiger charge is -2.12. The van der Waals surface area contributed by atoms with Crippen molar-refractivity contribution in [3.63, 3.8) is 0 Å². The minimum atomic E-state index is -2.86. The fourth-order valence-corrected chi connectivity index (χ4v) is 1.23. The molecule has 86 valence electrons. The minimum Gasteiger partial charge on any atom is -0.494 e. The number of aromatic nitrogens is 1. The number of anilines is 1. The van der Waals surface area contributed by atoms with Gasteiger partial charge < -0.3 is 15.2 Å². The van der Waals surface area contributed by atoms with Crippen LogP contribution in [-0.2, 0) is 9.47 Å². The number of ether oxygens (including phenoxy) is 2. The molecule has 2 N–H and O–H groups in total. The summed E-state index contributed by atoms with van der Waals surface area (Å²) in [5.41, 5.74) is 5.67. The van der Waals surface area contributed by atoms with Crippen LogP contribution in [0.4, 0.5) is 5.82 Å². The predicted octanol–water partition coefficient (Wildman–Crippen LogP) is 1.46. The minimum absolute atomic E-state index is 0.146. The van der Waals surface area contributed by atoms with Gasteiger partial charge >= 0.3 is 5.97 Å². The molecule has 1 aromatic heterocycles. The number of hydrogen-bond acceptors (Lipinski definition) is 5. The number of pyridine rings is 1. The summed E-state index contributed by atoms with van der Waals surface area (Å²) in [6, 6.07) is 1.45. The van der Waals surface area contributed by atoms with Crippen LogP contribution in [0.5, 0.6) is 0 Å². The van der Waals surface area contributed by atoms with Crippen molar-refractivity contribution in [2.24, 2.45) is 0 Å². The molecule has 0 saturated heterocycles. The first-order valence-electron chi connectivity index (χ1n) is 6.06. The quantitative estimate of drug-likeness (QED) is 0.620. The molecule has 0 bridgehead atoms. The molecule has 1 heterocycles. The highest BCUT2D eigenvalue weighted by molar-refractivity contribution is 5.98. The van der Waals surface area contributed by atoms with Gasteiger partial charge in [-0.3, -0.25) is 0 Å². The first kappa shape index (κ1) is 8.15. The average Bonchev–Trinajstić information content (AvgIpc) is 2.26. The molecule has 0 spiro atoms. The van der Waals surface area contributed by atoms with Crippen LogP contribution in [0.3, 0.4) is 0 Å². The number of nitrogens with zero attached hydrogens (tertiary/aromatic N) is 1. The van der Waals surface area contributed by atoms with E-state index in [-0.39, 0.29) is 22.7 Å². The summed E-state index contributed by atoms with van der Waals surface area (Å²) in [7, 11) is -2.86. The Hall–Kier alpha value is -2.04. The number of nitrogens with two attached hydrogens (primary N) is 1. The maximum atomic E-state index is 11.8. The summed E-state index contributed by atoms with van der Waals surface area (Å²) >= 11 is 0. The molecule has 1 rings (SSSR count). The van der Waals surface area contributed by atoms with Crippen molar-refractivity contribution >= 4 is 17.5 Å².